The van der Waals surface area contributed by atoms with E-state index in [2.05, 4.69) is 43.3 Å². The number of piperazine rings is 1. The van der Waals surface area contributed by atoms with Crippen LogP contribution in [0.1, 0.15) is 18.4 Å². The molecule has 4 aliphatic rings. The molecule has 1 aromatic carbocycles. The van der Waals surface area contributed by atoms with Crippen molar-refractivity contribution >= 4 is 23.5 Å². The lowest BCUT2D eigenvalue weighted by atomic mass is 9.82. The molecule has 0 amide bonds. The standard InChI is InChI=1S/C23H26N6O2/c1-2-4-20-18(3-1)19-15-29(16-27-21(19)23(31-20)5-11-30-12-6-23)17-13-25-22(26-14-17)28-9-7-24-8-10-28/h1-4,13-14,16,24H,5-12,15H2. The maximum Gasteiger partial charge on any atom is 0.225 e. The summed E-state index contributed by atoms with van der Waals surface area (Å²) in [6, 6.07) is 8.27. The van der Waals surface area contributed by atoms with Crippen LogP contribution in [0.2, 0.25) is 0 Å². The van der Waals surface area contributed by atoms with Gasteiger partial charge in [-0.05, 0) is 6.07 Å². The van der Waals surface area contributed by atoms with Crippen LogP contribution in [0.15, 0.2) is 47.3 Å². The molecular weight excluding hydrogens is 392 g/mol. The highest BCUT2D eigenvalue weighted by atomic mass is 16.5. The van der Waals surface area contributed by atoms with Crippen LogP contribution < -0.4 is 19.9 Å². The molecule has 0 bridgehead atoms. The van der Waals surface area contributed by atoms with E-state index in [4.69, 9.17) is 14.5 Å². The highest BCUT2D eigenvalue weighted by Crippen LogP contribution is 2.47. The second kappa shape index (κ2) is 7.62. The first-order valence-electron chi connectivity index (χ1n) is 11.0. The molecule has 0 radical (unpaired) electrons. The molecule has 6 rings (SSSR count). The molecule has 0 atom stereocenters. The van der Waals surface area contributed by atoms with Gasteiger partial charge in [-0.2, -0.15) is 0 Å². The van der Waals surface area contributed by atoms with E-state index in [1.54, 1.807) is 0 Å². The molecule has 1 N–H and O–H groups in total. The maximum absolute atomic E-state index is 6.55. The summed E-state index contributed by atoms with van der Waals surface area (Å²) in [4.78, 5) is 18.5. The molecule has 8 heteroatoms. The Morgan fingerprint density at radius 3 is 2.58 bits per heavy atom. The molecule has 0 saturated carbocycles. The summed E-state index contributed by atoms with van der Waals surface area (Å²) in [6.07, 6.45) is 7.34. The van der Waals surface area contributed by atoms with Gasteiger partial charge in [0.05, 0.1) is 49.9 Å². The number of aliphatic imine (C=N–C) groups is 1. The molecule has 2 fully saturated rings. The minimum atomic E-state index is -0.396. The number of hydrogen-bond acceptors (Lipinski definition) is 8. The van der Waals surface area contributed by atoms with Crippen LogP contribution in [0, 0.1) is 0 Å². The minimum Gasteiger partial charge on any atom is -0.480 e. The van der Waals surface area contributed by atoms with Crippen molar-refractivity contribution < 1.29 is 9.47 Å². The van der Waals surface area contributed by atoms with E-state index in [0.29, 0.717) is 13.2 Å². The van der Waals surface area contributed by atoms with E-state index in [1.807, 2.05) is 24.8 Å². The third-order valence-corrected chi connectivity index (χ3v) is 6.55. The molecule has 160 valence electrons. The Hall–Kier alpha value is -2.97. The fraction of sp³-hybridized carbons (Fsp3) is 0.435. The average Bonchev–Trinajstić information content (AvgIpc) is 2.85. The predicted molar refractivity (Wildman–Crippen MR) is 120 cm³/mol. The van der Waals surface area contributed by atoms with Crippen LogP contribution in [-0.4, -0.2) is 67.8 Å². The molecule has 4 aliphatic heterocycles. The molecule has 5 heterocycles. The highest BCUT2D eigenvalue weighted by Gasteiger charge is 2.45. The van der Waals surface area contributed by atoms with E-state index in [-0.39, 0.29) is 0 Å². The Balaban J connectivity index is 1.31. The monoisotopic (exact) mass is 418 g/mol. The first-order chi connectivity index (χ1) is 15.3. The number of rotatable bonds is 2. The van der Waals surface area contributed by atoms with Gasteiger partial charge in [-0.1, -0.05) is 18.2 Å². The van der Waals surface area contributed by atoms with Gasteiger partial charge in [0.25, 0.3) is 0 Å². The fourth-order valence-electron chi connectivity index (χ4n) is 4.85. The van der Waals surface area contributed by atoms with Gasteiger partial charge in [0.15, 0.2) is 5.60 Å². The van der Waals surface area contributed by atoms with Crippen LogP contribution in [0.4, 0.5) is 11.6 Å². The molecule has 1 spiro atoms. The van der Waals surface area contributed by atoms with E-state index in [0.717, 1.165) is 74.2 Å². The van der Waals surface area contributed by atoms with E-state index < -0.39 is 5.60 Å². The topological polar surface area (TPSA) is 75.1 Å². The zero-order chi connectivity index (χ0) is 20.7. The Labute approximate surface area is 181 Å². The number of benzene rings is 1. The molecule has 31 heavy (non-hydrogen) atoms. The smallest absolute Gasteiger partial charge is 0.225 e. The number of fused-ring (bicyclic) bond motifs is 3. The van der Waals surface area contributed by atoms with Gasteiger partial charge in [-0.25, -0.2) is 15.0 Å². The lowest BCUT2D eigenvalue weighted by Gasteiger charge is -2.44. The van der Waals surface area contributed by atoms with Gasteiger partial charge in [0, 0.05) is 50.2 Å². The summed E-state index contributed by atoms with van der Waals surface area (Å²) in [5.41, 5.74) is 3.93. The highest BCUT2D eigenvalue weighted by molar-refractivity contribution is 5.91. The minimum absolute atomic E-state index is 0.396. The number of nitrogens with one attached hydrogen (secondary N) is 1. The van der Waals surface area contributed by atoms with Gasteiger partial charge in [-0.3, -0.25) is 0 Å². The van der Waals surface area contributed by atoms with Gasteiger partial charge in [-0.15, -0.1) is 0 Å². The Morgan fingerprint density at radius 2 is 1.77 bits per heavy atom. The summed E-state index contributed by atoms with van der Waals surface area (Å²) in [5.74, 6) is 1.72. The third-order valence-electron chi connectivity index (χ3n) is 6.55. The van der Waals surface area contributed by atoms with Crippen LogP contribution in [-0.2, 0) is 4.74 Å². The lowest BCUT2D eigenvalue weighted by Crippen LogP contribution is -2.47. The van der Waals surface area contributed by atoms with Gasteiger partial charge < -0.3 is 24.6 Å². The predicted octanol–water partition coefficient (Wildman–Crippen LogP) is 2.09. The summed E-state index contributed by atoms with van der Waals surface area (Å²) < 4.78 is 12.2. The quantitative estimate of drug-likeness (QED) is 0.800. The second-order valence-corrected chi connectivity index (χ2v) is 8.38. The SMILES string of the molecule is C1=NC2=C(CN1c1cnc(N3CCNCC3)nc1)c1ccccc1OC21CCOCC1. The van der Waals surface area contributed by atoms with Crippen LogP contribution in [0.3, 0.4) is 0 Å². The van der Waals surface area contributed by atoms with E-state index in [9.17, 15) is 0 Å². The number of anilines is 2. The molecule has 8 nitrogen and oxygen atoms in total. The number of aromatic nitrogens is 2. The average molecular weight is 419 g/mol. The van der Waals surface area contributed by atoms with Crippen LogP contribution in [0.5, 0.6) is 5.75 Å². The first kappa shape index (κ1) is 18.8. The summed E-state index contributed by atoms with van der Waals surface area (Å²) in [5, 5.41) is 3.36. The number of hydrogen-bond donors (Lipinski definition) is 1. The van der Waals surface area contributed by atoms with Crippen molar-refractivity contribution in [2.24, 2.45) is 4.99 Å². The van der Waals surface area contributed by atoms with E-state index in [1.165, 1.54) is 5.57 Å². The van der Waals surface area contributed by atoms with Crippen molar-refractivity contribution in [3.05, 3.63) is 47.9 Å². The normalized spacial score (nSPS) is 22.2. The summed E-state index contributed by atoms with van der Waals surface area (Å²) in [7, 11) is 0. The number of nitrogens with zero attached hydrogens (tertiary/aromatic N) is 5. The fourth-order valence-corrected chi connectivity index (χ4v) is 4.85. The van der Waals surface area contributed by atoms with E-state index >= 15 is 0 Å². The maximum atomic E-state index is 6.55. The zero-order valence-electron chi connectivity index (χ0n) is 17.5. The Bertz CT molecular complexity index is 1020. The van der Waals surface area contributed by atoms with Gasteiger partial charge in [0.2, 0.25) is 5.95 Å². The number of ether oxygens (including phenoxy) is 2. The molecular formula is C23H26N6O2. The largest absolute Gasteiger partial charge is 0.480 e. The third kappa shape index (κ3) is 3.26. The Morgan fingerprint density at radius 1 is 1.00 bits per heavy atom. The second-order valence-electron chi connectivity index (χ2n) is 8.38. The van der Waals surface area contributed by atoms with Gasteiger partial charge >= 0.3 is 0 Å². The van der Waals surface area contributed by atoms with Gasteiger partial charge in [0.1, 0.15) is 5.75 Å². The van der Waals surface area contributed by atoms with Crippen molar-refractivity contribution in [3.8, 4) is 5.75 Å². The van der Waals surface area contributed by atoms with Crippen LogP contribution >= 0.6 is 0 Å². The molecule has 2 saturated heterocycles. The van der Waals surface area contributed by atoms with Crippen molar-refractivity contribution in [1.29, 1.82) is 0 Å². The molecule has 2 aromatic rings. The zero-order valence-corrected chi connectivity index (χ0v) is 17.5. The van der Waals surface area contributed by atoms with Crippen molar-refractivity contribution in [2.45, 2.75) is 18.4 Å². The van der Waals surface area contributed by atoms with Crippen LogP contribution in [0.25, 0.3) is 5.57 Å². The van der Waals surface area contributed by atoms with Crippen molar-refractivity contribution in [2.75, 3.05) is 55.7 Å². The molecule has 0 aliphatic carbocycles. The van der Waals surface area contributed by atoms with Crippen molar-refractivity contribution in [3.63, 3.8) is 0 Å². The lowest BCUT2D eigenvalue weighted by molar-refractivity contribution is -0.0258. The summed E-state index contributed by atoms with van der Waals surface area (Å²) >= 11 is 0. The molecule has 0 unspecified atom stereocenters. The number of para-hydroxylation sites is 1. The van der Waals surface area contributed by atoms with Crippen molar-refractivity contribution in [1.82, 2.24) is 15.3 Å². The Kier molecular flexibility index (Phi) is 4.61. The first-order valence-corrected chi connectivity index (χ1v) is 11.0. The summed E-state index contributed by atoms with van der Waals surface area (Å²) in [6.45, 7) is 5.91. The molecule has 1 aromatic heterocycles.